The molecule has 6 nitrogen and oxygen atoms in total. The molecule has 0 radical (unpaired) electrons. The summed E-state index contributed by atoms with van der Waals surface area (Å²) in [6.45, 7) is 3.75. The fourth-order valence-electron chi connectivity index (χ4n) is 2.06. The highest BCUT2D eigenvalue weighted by molar-refractivity contribution is 8.01. The van der Waals surface area contributed by atoms with Gasteiger partial charge in [-0.05, 0) is 43.7 Å². The number of benzene rings is 1. The van der Waals surface area contributed by atoms with Gasteiger partial charge in [-0.2, -0.15) is 0 Å². The van der Waals surface area contributed by atoms with Gasteiger partial charge in [0.05, 0.1) is 11.3 Å². The van der Waals surface area contributed by atoms with Crippen LogP contribution in [-0.4, -0.2) is 24.5 Å². The Kier molecular flexibility index (Phi) is 5.37. The van der Waals surface area contributed by atoms with Gasteiger partial charge in [0.25, 0.3) is 10.0 Å². The first-order valence-electron chi connectivity index (χ1n) is 7.30. The number of aromatic carboxylic acids is 1. The molecule has 0 unspecified atom stereocenters. The fourth-order valence-corrected chi connectivity index (χ4v) is 6.25. The molecular formula is C16H14N2O4S4. The predicted molar refractivity (Wildman–Crippen MR) is 104 cm³/mol. The van der Waals surface area contributed by atoms with Crippen LogP contribution >= 0.6 is 34.4 Å². The Morgan fingerprint density at radius 2 is 1.96 bits per heavy atom. The van der Waals surface area contributed by atoms with Crippen molar-refractivity contribution in [3.63, 3.8) is 0 Å². The number of carbonyl (C=O) groups is 1. The molecular weight excluding hydrogens is 412 g/mol. The highest BCUT2D eigenvalue weighted by Crippen LogP contribution is 2.33. The van der Waals surface area contributed by atoms with Gasteiger partial charge in [0, 0.05) is 21.3 Å². The third-order valence-corrected chi connectivity index (χ3v) is 8.18. The molecule has 1 aromatic carbocycles. The van der Waals surface area contributed by atoms with Gasteiger partial charge >= 0.3 is 5.97 Å². The maximum Gasteiger partial charge on any atom is 0.336 e. The largest absolute Gasteiger partial charge is 0.478 e. The predicted octanol–water partition coefficient (Wildman–Crippen LogP) is 4.47. The number of nitrogens with one attached hydrogen (secondary N) is 1. The van der Waals surface area contributed by atoms with E-state index in [4.69, 9.17) is 5.11 Å². The molecule has 0 aliphatic rings. The number of aryl methyl sites for hydroxylation is 2. The summed E-state index contributed by atoms with van der Waals surface area (Å²) in [7, 11) is -3.83. The van der Waals surface area contributed by atoms with Crippen LogP contribution < -0.4 is 4.72 Å². The first-order chi connectivity index (χ1) is 12.2. The number of carboxylic acids is 1. The molecule has 2 aromatic heterocycles. The Labute approximate surface area is 163 Å². The maximum absolute atomic E-state index is 12.5. The average Bonchev–Trinajstić information content (AvgIpc) is 3.20. The number of carboxylic acid groups (broad SMARTS) is 1. The zero-order chi connectivity index (χ0) is 18.9. The quantitative estimate of drug-likeness (QED) is 0.604. The lowest BCUT2D eigenvalue weighted by atomic mass is 10.2. The summed E-state index contributed by atoms with van der Waals surface area (Å²) in [6.07, 6.45) is 0. The summed E-state index contributed by atoms with van der Waals surface area (Å²) >= 11 is 3.95. The molecule has 0 aliphatic carbocycles. The summed E-state index contributed by atoms with van der Waals surface area (Å²) in [6, 6.07) is 6.56. The molecule has 0 fully saturated rings. The Morgan fingerprint density at radius 1 is 1.19 bits per heavy atom. The normalized spacial score (nSPS) is 11.5. The van der Waals surface area contributed by atoms with E-state index in [1.165, 1.54) is 17.1 Å². The fraction of sp³-hybridized carbons (Fsp3) is 0.125. The van der Waals surface area contributed by atoms with E-state index < -0.39 is 16.0 Å². The lowest BCUT2D eigenvalue weighted by Crippen LogP contribution is -2.12. The van der Waals surface area contributed by atoms with E-state index in [-0.39, 0.29) is 9.77 Å². The standard InChI is InChI=1S/C16H14N2O4S4/c1-9-5-12(25-16-17-10(2)7-24-16)3-4-13(9)18-26(21,22)14-6-11(8-23-14)15(19)20/h3-8,18H,1-2H3,(H,19,20). The Balaban J connectivity index is 1.79. The zero-order valence-electron chi connectivity index (χ0n) is 13.7. The minimum atomic E-state index is -3.83. The Bertz CT molecular complexity index is 1070. The van der Waals surface area contributed by atoms with Crippen molar-refractivity contribution in [1.82, 2.24) is 4.98 Å². The van der Waals surface area contributed by atoms with Gasteiger partial charge in [-0.25, -0.2) is 18.2 Å². The lowest BCUT2D eigenvalue weighted by molar-refractivity contribution is 0.0697. The average molecular weight is 427 g/mol. The zero-order valence-corrected chi connectivity index (χ0v) is 17.0. The smallest absolute Gasteiger partial charge is 0.336 e. The molecule has 0 atom stereocenters. The third-order valence-electron chi connectivity index (χ3n) is 3.33. The van der Waals surface area contributed by atoms with E-state index >= 15 is 0 Å². The molecule has 2 heterocycles. The minimum Gasteiger partial charge on any atom is -0.478 e. The van der Waals surface area contributed by atoms with Crippen LogP contribution in [-0.2, 0) is 10.0 Å². The van der Waals surface area contributed by atoms with Crippen molar-refractivity contribution in [3.05, 3.63) is 51.8 Å². The summed E-state index contributed by atoms with van der Waals surface area (Å²) in [5.74, 6) is -1.15. The second-order valence-corrected chi connectivity index (χ2v) is 10.4. The molecule has 10 heteroatoms. The van der Waals surface area contributed by atoms with Crippen LogP contribution in [0.1, 0.15) is 21.6 Å². The van der Waals surface area contributed by atoms with Gasteiger partial charge in [0.2, 0.25) is 0 Å². The number of rotatable bonds is 6. The first-order valence-corrected chi connectivity index (χ1v) is 11.4. The second-order valence-electron chi connectivity index (χ2n) is 5.40. The second kappa shape index (κ2) is 7.39. The number of nitrogens with zero attached hydrogens (tertiary/aromatic N) is 1. The van der Waals surface area contributed by atoms with E-state index in [2.05, 4.69) is 9.71 Å². The van der Waals surface area contributed by atoms with Gasteiger partial charge in [-0.15, -0.1) is 22.7 Å². The van der Waals surface area contributed by atoms with Crippen LogP contribution in [0.2, 0.25) is 0 Å². The van der Waals surface area contributed by atoms with Gasteiger partial charge in [-0.3, -0.25) is 4.72 Å². The molecule has 0 spiro atoms. The number of thiophene rings is 1. The Morgan fingerprint density at radius 3 is 2.54 bits per heavy atom. The number of thiazole rings is 1. The molecule has 0 bridgehead atoms. The van der Waals surface area contributed by atoms with Gasteiger partial charge in [0.15, 0.2) is 4.34 Å². The van der Waals surface area contributed by atoms with Crippen LogP contribution in [0.15, 0.2) is 48.5 Å². The monoisotopic (exact) mass is 426 g/mol. The minimum absolute atomic E-state index is 0.0361. The van der Waals surface area contributed by atoms with E-state index in [0.717, 1.165) is 37.9 Å². The van der Waals surface area contributed by atoms with Gasteiger partial charge < -0.3 is 5.11 Å². The van der Waals surface area contributed by atoms with Crippen molar-refractivity contribution in [1.29, 1.82) is 0 Å². The van der Waals surface area contributed by atoms with E-state index in [1.807, 2.05) is 31.4 Å². The summed E-state index contributed by atoms with van der Waals surface area (Å²) in [4.78, 5) is 16.3. The van der Waals surface area contributed by atoms with Gasteiger partial charge in [0.1, 0.15) is 4.21 Å². The summed E-state index contributed by atoms with van der Waals surface area (Å²) < 4.78 is 28.3. The van der Waals surface area contributed by atoms with Crippen LogP contribution in [0.25, 0.3) is 0 Å². The SMILES string of the molecule is Cc1csc(Sc2ccc(NS(=O)(=O)c3cc(C(=O)O)cs3)c(C)c2)n1. The number of hydrogen-bond donors (Lipinski definition) is 2. The van der Waals surface area contributed by atoms with Crippen LogP contribution in [0.5, 0.6) is 0 Å². The maximum atomic E-state index is 12.5. The Hall–Kier alpha value is -1.88. The van der Waals surface area contributed by atoms with E-state index in [0.29, 0.717) is 5.69 Å². The van der Waals surface area contributed by atoms with Gasteiger partial charge in [-0.1, -0.05) is 11.8 Å². The number of anilines is 1. The van der Waals surface area contributed by atoms with Crippen LogP contribution in [0.3, 0.4) is 0 Å². The summed E-state index contributed by atoms with van der Waals surface area (Å²) in [5.41, 5.74) is 2.14. The summed E-state index contributed by atoms with van der Waals surface area (Å²) in [5, 5.41) is 12.2. The molecule has 3 aromatic rings. The van der Waals surface area contributed by atoms with Crippen molar-refractivity contribution >= 4 is 56.1 Å². The molecule has 26 heavy (non-hydrogen) atoms. The number of hydrogen-bond acceptors (Lipinski definition) is 7. The molecule has 0 saturated carbocycles. The third kappa shape index (κ3) is 4.26. The first kappa shape index (κ1) is 18.9. The molecule has 0 aliphatic heterocycles. The van der Waals surface area contributed by atoms with Crippen LogP contribution in [0.4, 0.5) is 5.69 Å². The highest BCUT2D eigenvalue weighted by atomic mass is 32.2. The number of sulfonamides is 1. The van der Waals surface area contributed by atoms with Crippen molar-refractivity contribution in [2.24, 2.45) is 0 Å². The number of aromatic nitrogens is 1. The highest BCUT2D eigenvalue weighted by Gasteiger charge is 2.20. The van der Waals surface area contributed by atoms with E-state index in [9.17, 15) is 13.2 Å². The van der Waals surface area contributed by atoms with Crippen LogP contribution in [0, 0.1) is 13.8 Å². The van der Waals surface area contributed by atoms with Crippen molar-refractivity contribution < 1.29 is 18.3 Å². The molecule has 3 rings (SSSR count). The topological polar surface area (TPSA) is 96.4 Å². The molecule has 0 amide bonds. The molecule has 136 valence electrons. The lowest BCUT2D eigenvalue weighted by Gasteiger charge is -2.10. The molecule has 0 saturated heterocycles. The van der Waals surface area contributed by atoms with E-state index in [1.54, 1.807) is 17.4 Å². The van der Waals surface area contributed by atoms with Crippen molar-refractivity contribution in [2.45, 2.75) is 27.3 Å². The molecule has 2 N–H and O–H groups in total. The van der Waals surface area contributed by atoms with Crippen molar-refractivity contribution in [3.8, 4) is 0 Å². The van der Waals surface area contributed by atoms with Crippen molar-refractivity contribution in [2.75, 3.05) is 4.72 Å².